The summed E-state index contributed by atoms with van der Waals surface area (Å²) in [5.41, 5.74) is -0.220. The predicted octanol–water partition coefficient (Wildman–Crippen LogP) is 6.05. The van der Waals surface area contributed by atoms with Crippen LogP contribution in [0.25, 0.3) is 0 Å². The first-order valence-electron chi connectivity index (χ1n) is 8.40. The second kappa shape index (κ2) is 7.31. The zero-order chi connectivity index (χ0) is 21.6. The molecule has 0 aliphatic rings. The normalized spacial score (nSPS) is 12.2. The second-order valence-electron chi connectivity index (χ2n) is 7.60. The van der Waals surface area contributed by atoms with E-state index in [4.69, 9.17) is 0 Å². The van der Waals surface area contributed by atoms with E-state index in [-0.39, 0.29) is 11.3 Å². The highest BCUT2D eigenvalue weighted by Gasteiger charge is 2.32. The first kappa shape index (κ1) is 22.1. The van der Waals surface area contributed by atoms with Gasteiger partial charge in [-0.25, -0.2) is 0 Å². The predicted molar refractivity (Wildman–Crippen MR) is 105 cm³/mol. The molecule has 2 rings (SSSR count). The Morgan fingerprint density at radius 2 is 1.64 bits per heavy atom. The number of carbonyl (C=O) groups excluding carboxylic acids is 1. The van der Waals surface area contributed by atoms with Crippen LogP contribution in [-0.2, 0) is 11.6 Å². The van der Waals surface area contributed by atoms with Gasteiger partial charge in [-0.3, -0.25) is 4.79 Å². The Hall–Kier alpha value is -2.22. The monoisotopic (exact) mass is 459 g/mol. The average molecular weight is 460 g/mol. The van der Waals surface area contributed by atoms with Crippen molar-refractivity contribution in [1.29, 1.82) is 0 Å². The first-order valence-corrected chi connectivity index (χ1v) is 9.19. The van der Waals surface area contributed by atoms with Gasteiger partial charge < -0.3 is 15.5 Å². The minimum Gasteiger partial charge on any atom is -0.507 e. The molecule has 0 aliphatic carbocycles. The Morgan fingerprint density at radius 1 is 1.07 bits per heavy atom. The molecular formula is C20H21BrF3NO3. The number of carbonyl (C=O) groups is 1. The van der Waals surface area contributed by atoms with E-state index in [9.17, 15) is 28.2 Å². The van der Waals surface area contributed by atoms with E-state index in [1.54, 1.807) is 13.8 Å². The fourth-order valence-electron chi connectivity index (χ4n) is 3.17. The maximum Gasteiger partial charge on any atom is 0.416 e. The average Bonchev–Trinajstić information content (AvgIpc) is 2.52. The maximum absolute atomic E-state index is 12.9. The van der Waals surface area contributed by atoms with Gasteiger partial charge in [0.15, 0.2) is 0 Å². The zero-order valence-corrected chi connectivity index (χ0v) is 17.6. The lowest BCUT2D eigenvalue weighted by Crippen LogP contribution is -2.20. The van der Waals surface area contributed by atoms with E-state index < -0.39 is 34.5 Å². The number of hydrogen-bond acceptors (Lipinski definition) is 3. The van der Waals surface area contributed by atoms with Crippen LogP contribution in [0.15, 0.2) is 22.7 Å². The molecule has 0 atom stereocenters. The molecule has 0 aliphatic heterocycles. The van der Waals surface area contributed by atoms with Crippen molar-refractivity contribution >= 4 is 27.5 Å². The van der Waals surface area contributed by atoms with E-state index >= 15 is 0 Å². The van der Waals surface area contributed by atoms with Crippen LogP contribution in [0, 0.1) is 13.8 Å². The highest BCUT2D eigenvalue weighted by Crippen LogP contribution is 2.42. The Morgan fingerprint density at radius 3 is 2.14 bits per heavy atom. The van der Waals surface area contributed by atoms with E-state index in [2.05, 4.69) is 21.2 Å². The molecule has 0 aromatic heterocycles. The number of phenols is 2. The van der Waals surface area contributed by atoms with Crippen molar-refractivity contribution in [1.82, 2.24) is 0 Å². The van der Waals surface area contributed by atoms with Crippen LogP contribution in [0.5, 0.6) is 11.5 Å². The molecule has 152 valence electrons. The Labute approximate surface area is 169 Å². The third-order valence-corrected chi connectivity index (χ3v) is 5.62. The van der Waals surface area contributed by atoms with Crippen LogP contribution in [0.2, 0.25) is 0 Å². The van der Waals surface area contributed by atoms with Crippen LogP contribution in [0.4, 0.5) is 18.9 Å². The summed E-state index contributed by atoms with van der Waals surface area (Å²) in [6, 6.07) is 2.22. The van der Waals surface area contributed by atoms with Crippen LogP contribution in [-0.4, -0.2) is 16.1 Å². The summed E-state index contributed by atoms with van der Waals surface area (Å²) in [5, 5.41) is 22.9. The molecule has 2 aromatic carbocycles. The highest BCUT2D eigenvalue weighted by atomic mass is 79.9. The summed E-state index contributed by atoms with van der Waals surface area (Å²) < 4.78 is 39.4. The molecule has 1 amide bonds. The van der Waals surface area contributed by atoms with Gasteiger partial charge in [0.25, 0.3) is 5.91 Å². The molecule has 0 bridgehead atoms. The lowest BCUT2D eigenvalue weighted by Gasteiger charge is -2.26. The lowest BCUT2D eigenvalue weighted by atomic mass is 9.81. The minimum absolute atomic E-state index is 0.0702. The molecule has 0 heterocycles. The van der Waals surface area contributed by atoms with Gasteiger partial charge in [0, 0.05) is 10.0 Å². The van der Waals surface area contributed by atoms with Gasteiger partial charge in [0.2, 0.25) is 0 Å². The Kier molecular flexibility index (Phi) is 5.76. The molecular weight excluding hydrogens is 439 g/mol. The number of nitrogens with one attached hydrogen (secondary N) is 1. The summed E-state index contributed by atoms with van der Waals surface area (Å²) in [6.45, 7) is 9.04. The molecule has 4 nitrogen and oxygen atoms in total. The van der Waals surface area contributed by atoms with E-state index in [1.807, 2.05) is 20.8 Å². The quantitative estimate of drug-likeness (QED) is 0.479. The van der Waals surface area contributed by atoms with Crippen molar-refractivity contribution in [2.24, 2.45) is 0 Å². The van der Waals surface area contributed by atoms with Crippen LogP contribution >= 0.6 is 15.9 Å². The fourth-order valence-corrected chi connectivity index (χ4v) is 3.57. The van der Waals surface area contributed by atoms with Crippen LogP contribution < -0.4 is 5.32 Å². The smallest absolute Gasteiger partial charge is 0.416 e. The SMILES string of the molecule is Cc1c(Br)c(C)c(C(C)(C)C)c(O)c1C(=O)Nc1cc(C(F)(F)F)ccc1O. The second-order valence-corrected chi connectivity index (χ2v) is 8.39. The number of alkyl halides is 3. The van der Waals surface area contributed by atoms with Crippen molar-refractivity contribution < 1.29 is 28.2 Å². The summed E-state index contributed by atoms with van der Waals surface area (Å²) in [4.78, 5) is 12.8. The van der Waals surface area contributed by atoms with Crippen molar-refractivity contribution in [3.63, 3.8) is 0 Å². The van der Waals surface area contributed by atoms with E-state index in [0.29, 0.717) is 27.7 Å². The largest absolute Gasteiger partial charge is 0.507 e. The number of amides is 1. The van der Waals surface area contributed by atoms with E-state index in [0.717, 1.165) is 11.6 Å². The van der Waals surface area contributed by atoms with E-state index in [1.165, 1.54) is 0 Å². The molecule has 0 spiro atoms. The van der Waals surface area contributed by atoms with Gasteiger partial charge in [0.1, 0.15) is 11.5 Å². The molecule has 0 radical (unpaired) electrons. The number of halogens is 4. The zero-order valence-electron chi connectivity index (χ0n) is 16.0. The van der Waals surface area contributed by atoms with Gasteiger partial charge in [-0.2, -0.15) is 13.2 Å². The number of benzene rings is 2. The van der Waals surface area contributed by atoms with Gasteiger partial charge >= 0.3 is 6.18 Å². The topological polar surface area (TPSA) is 69.6 Å². The van der Waals surface area contributed by atoms with Crippen LogP contribution in [0.1, 0.15) is 53.4 Å². The number of rotatable bonds is 2. The highest BCUT2D eigenvalue weighted by molar-refractivity contribution is 9.10. The first-order chi connectivity index (χ1) is 12.7. The summed E-state index contributed by atoms with van der Waals surface area (Å²) >= 11 is 3.42. The van der Waals surface area contributed by atoms with Crippen molar-refractivity contribution in [3.05, 3.63) is 50.5 Å². The van der Waals surface area contributed by atoms with Gasteiger partial charge in [-0.1, -0.05) is 36.7 Å². The molecule has 8 heteroatoms. The van der Waals surface area contributed by atoms with Crippen LogP contribution in [0.3, 0.4) is 0 Å². The summed E-state index contributed by atoms with van der Waals surface area (Å²) in [5.74, 6) is -1.58. The van der Waals surface area contributed by atoms with Gasteiger partial charge in [0.05, 0.1) is 16.8 Å². The maximum atomic E-state index is 12.9. The molecule has 0 unspecified atom stereocenters. The Balaban J connectivity index is 2.59. The standard InChI is InChI=1S/C20H21BrF3NO3/c1-9-14(17(27)15(19(3,4)5)10(2)16(9)21)18(28)25-12-8-11(20(22,23)24)6-7-13(12)26/h6-8,26-27H,1-5H3,(H,25,28). The minimum atomic E-state index is -4.63. The summed E-state index contributed by atoms with van der Waals surface area (Å²) in [6.07, 6.45) is -4.63. The Bertz CT molecular complexity index is 947. The van der Waals surface area contributed by atoms with Crippen molar-refractivity contribution in [3.8, 4) is 11.5 Å². The lowest BCUT2D eigenvalue weighted by molar-refractivity contribution is -0.137. The van der Waals surface area contributed by atoms with Gasteiger partial charge in [-0.15, -0.1) is 0 Å². The third-order valence-electron chi connectivity index (χ3n) is 4.43. The van der Waals surface area contributed by atoms with Crippen molar-refractivity contribution in [2.45, 2.75) is 46.2 Å². The van der Waals surface area contributed by atoms with Gasteiger partial charge in [-0.05, 0) is 48.6 Å². The number of hydrogen-bond donors (Lipinski definition) is 3. The third kappa shape index (κ3) is 4.11. The van der Waals surface area contributed by atoms with Crippen molar-refractivity contribution in [2.75, 3.05) is 5.32 Å². The molecule has 0 saturated carbocycles. The molecule has 3 N–H and O–H groups in total. The fraction of sp³-hybridized carbons (Fsp3) is 0.350. The summed E-state index contributed by atoms with van der Waals surface area (Å²) in [7, 11) is 0. The number of aromatic hydroxyl groups is 2. The number of anilines is 1. The molecule has 0 saturated heterocycles. The number of phenolic OH excluding ortho intramolecular Hbond substituents is 2. The molecule has 2 aromatic rings. The molecule has 0 fully saturated rings. The molecule has 28 heavy (non-hydrogen) atoms.